The van der Waals surface area contributed by atoms with Crippen molar-refractivity contribution >= 4 is 12.1 Å². The highest BCUT2D eigenvalue weighted by molar-refractivity contribution is 5.85. The number of ether oxygens (including phenoxy) is 2. The maximum atomic E-state index is 12.2. The van der Waals surface area contributed by atoms with Gasteiger partial charge in [-0.2, -0.15) is 5.10 Å². The Labute approximate surface area is 149 Å². The number of imidazole rings is 1. The number of aromatic nitrogens is 2. The van der Waals surface area contributed by atoms with Crippen LogP contribution < -0.4 is 14.9 Å². The van der Waals surface area contributed by atoms with E-state index >= 15 is 0 Å². The van der Waals surface area contributed by atoms with Crippen LogP contribution in [0, 0.1) is 0 Å². The van der Waals surface area contributed by atoms with Crippen molar-refractivity contribution in [2.24, 2.45) is 5.10 Å². The summed E-state index contributed by atoms with van der Waals surface area (Å²) in [7, 11) is 0. The molecule has 1 aromatic heterocycles. The van der Waals surface area contributed by atoms with Crippen LogP contribution >= 0.6 is 0 Å². The molecule has 0 fully saturated rings. The standard InChI is InChI=1S/C19H16N4O3/c24-19(18-12-25-16-3-1-2-4-17(16)26-18)22-21-11-14-5-7-15(8-6-14)23-10-9-20-13-23/h1-11,13,18H,12H2,(H,22,24). The van der Waals surface area contributed by atoms with Gasteiger partial charge < -0.3 is 14.0 Å². The second-order valence-corrected chi connectivity index (χ2v) is 5.66. The molecule has 2 heterocycles. The minimum absolute atomic E-state index is 0.151. The minimum Gasteiger partial charge on any atom is -0.485 e. The van der Waals surface area contributed by atoms with Crippen molar-refractivity contribution in [2.75, 3.05) is 6.61 Å². The van der Waals surface area contributed by atoms with Crippen LogP contribution in [0.1, 0.15) is 5.56 Å². The van der Waals surface area contributed by atoms with Crippen LogP contribution in [-0.2, 0) is 4.79 Å². The van der Waals surface area contributed by atoms with Crippen LogP contribution in [-0.4, -0.2) is 34.4 Å². The van der Waals surface area contributed by atoms with E-state index in [1.54, 1.807) is 30.9 Å². The number of benzene rings is 2. The van der Waals surface area contributed by atoms with Gasteiger partial charge in [-0.3, -0.25) is 4.79 Å². The number of fused-ring (bicyclic) bond motifs is 1. The average Bonchev–Trinajstić information content (AvgIpc) is 3.23. The van der Waals surface area contributed by atoms with E-state index < -0.39 is 6.10 Å². The van der Waals surface area contributed by atoms with Crippen molar-refractivity contribution in [2.45, 2.75) is 6.10 Å². The highest BCUT2D eigenvalue weighted by Gasteiger charge is 2.26. The Morgan fingerprint density at radius 1 is 1.19 bits per heavy atom. The second-order valence-electron chi connectivity index (χ2n) is 5.66. The van der Waals surface area contributed by atoms with Gasteiger partial charge in [0.05, 0.1) is 12.5 Å². The quantitative estimate of drug-likeness (QED) is 0.579. The molecule has 1 unspecified atom stereocenters. The highest BCUT2D eigenvalue weighted by atomic mass is 16.6. The molecule has 0 aliphatic carbocycles. The third-order valence-electron chi connectivity index (χ3n) is 3.89. The summed E-state index contributed by atoms with van der Waals surface area (Å²) in [6.45, 7) is 0.151. The lowest BCUT2D eigenvalue weighted by Gasteiger charge is -2.24. The Kier molecular flexibility index (Phi) is 4.34. The molecule has 0 spiro atoms. The molecule has 0 saturated heterocycles. The van der Waals surface area contributed by atoms with Gasteiger partial charge in [-0.05, 0) is 29.8 Å². The number of amides is 1. The van der Waals surface area contributed by atoms with Crippen molar-refractivity contribution in [3.63, 3.8) is 0 Å². The predicted octanol–water partition coefficient (Wildman–Crippen LogP) is 2.16. The summed E-state index contributed by atoms with van der Waals surface area (Å²) >= 11 is 0. The van der Waals surface area contributed by atoms with Crippen molar-refractivity contribution in [1.29, 1.82) is 0 Å². The van der Waals surface area contributed by atoms with Gasteiger partial charge in [0.1, 0.15) is 6.61 Å². The summed E-state index contributed by atoms with van der Waals surface area (Å²) in [5.41, 5.74) is 4.34. The number of hydrogen-bond donors (Lipinski definition) is 1. The summed E-state index contributed by atoms with van der Waals surface area (Å²) in [5.74, 6) is 0.835. The molecule has 0 saturated carbocycles. The molecule has 1 amide bonds. The fourth-order valence-corrected chi connectivity index (χ4v) is 2.54. The molecule has 130 valence electrons. The lowest BCUT2D eigenvalue weighted by molar-refractivity contribution is -0.130. The number of carbonyl (C=O) groups is 1. The lowest BCUT2D eigenvalue weighted by atomic mass is 10.2. The molecule has 1 N–H and O–H groups in total. The van der Waals surface area contributed by atoms with Crippen molar-refractivity contribution in [3.05, 3.63) is 72.8 Å². The van der Waals surface area contributed by atoms with E-state index in [1.807, 2.05) is 47.2 Å². The first-order chi connectivity index (χ1) is 12.8. The van der Waals surface area contributed by atoms with Gasteiger partial charge in [0.2, 0.25) is 6.10 Å². The molecule has 3 aromatic rings. The molecule has 2 aromatic carbocycles. The normalized spacial score (nSPS) is 15.8. The van der Waals surface area contributed by atoms with E-state index in [9.17, 15) is 4.79 Å². The largest absolute Gasteiger partial charge is 0.485 e. The van der Waals surface area contributed by atoms with Gasteiger partial charge in [-0.15, -0.1) is 0 Å². The molecule has 4 rings (SSSR count). The molecular formula is C19H16N4O3. The number of nitrogens with zero attached hydrogens (tertiary/aromatic N) is 3. The van der Waals surface area contributed by atoms with E-state index in [0.29, 0.717) is 11.5 Å². The smallest absolute Gasteiger partial charge is 0.284 e. The van der Waals surface area contributed by atoms with E-state index in [4.69, 9.17) is 9.47 Å². The fraction of sp³-hybridized carbons (Fsp3) is 0.105. The summed E-state index contributed by atoms with van der Waals surface area (Å²) in [6.07, 6.45) is 6.17. The third-order valence-corrected chi connectivity index (χ3v) is 3.89. The first-order valence-electron chi connectivity index (χ1n) is 8.09. The molecule has 7 heteroatoms. The van der Waals surface area contributed by atoms with E-state index in [0.717, 1.165) is 11.3 Å². The number of hydrazone groups is 1. The maximum absolute atomic E-state index is 12.2. The summed E-state index contributed by atoms with van der Waals surface area (Å²) in [4.78, 5) is 16.2. The topological polar surface area (TPSA) is 77.7 Å². The highest BCUT2D eigenvalue weighted by Crippen LogP contribution is 2.30. The second kappa shape index (κ2) is 7.10. The van der Waals surface area contributed by atoms with Crippen LogP contribution in [0.2, 0.25) is 0 Å². The first-order valence-corrected chi connectivity index (χ1v) is 8.09. The molecule has 7 nitrogen and oxygen atoms in total. The zero-order valence-electron chi connectivity index (χ0n) is 13.8. The Morgan fingerprint density at radius 3 is 2.77 bits per heavy atom. The van der Waals surface area contributed by atoms with E-state index in [2.05, 4.69) is 15.5 Å². The monoisotopic (exact) mass is 348 g/mol. The number of hydrogen-bond acceptors (Lipinski definition) is 5. The molecule has 0 radical (unpaired) electrons. The predicted molar refractivity (Wildman–Crippen MR) is 95.7 cm³/mol. The Morgan fingerprint density at radius 2 is 2.00 bits per heavy atom. The van der Waals surface area contributed by atoms with Crippen LogP contribution in [0.4, 0.5) is 0 Å². The number of nitrogens with one attached hydrogen (secondary N) is 1. The van der Waals surface area contributed by atoms with Gasteiger partial charge >= 0.3 is 0 Å². The zero-order valence-corrected chi connectivity index (χ0v) is 13.8. The van der Waals surface area contributed by atoms with Crippen molar-refractivity contribution < 1.29 is 14.3 Å². The van der Waals surface area contributed by atoms with Gasteiger partial charge in [-0.25, -0.2) is 10.4 Å². The number of rotatable bonds is 4. The van der Waals surface area contributed by atoms with Gasteiger partial charge in [0.15, 0.2) is 11.5 Å². The summed E-state index contributed by atoms with van der Waals surface area (Å²) in [5, 5.41) is 3.99. The first kappa shape index (κ1) is 15.9. The molecule has 0 bridgehead atoms. The van der Waals surface area contributed by atoms with Crippen LogP contribution in [0.3, 0.4) is 0 Å². The average molecular weight is 348 g/mol. The third kappa shape index (κ3) is 3.41. The van der Waals surface area contributed by atoms with Gasteiger partial charge in [-0.1, -0.05) is 24.3 Å². The summed E-state index contributed by atoms with van der Waals surface area (Å²) in [6, 6.07) is 14.9. The number of para-hydroxylation sites is 2. The Bertz CT molecular complexity index is 920. The number of carbonyl (C=O) groups excluding carboxylic acids is 1. The maximum Gasteiger partial charge on any atom is 0.284 e. The Balaban J connectivity index is 1.34. The van der Waals surface area contributed by atoms with Gasteiger partial charge in [0.25, 0.3) is 5.91 Å². The van der Waals surface area contributed by atoms with E-state index in [-0.39, 0.29) is 12.5 Å². The Hall–Kier alpha value is -3.61. The molecule has 26 heavy (non-hydrogen) atoms. The van der Waals surface area contributed by atoms with Gasteiger partial charge in [0, 0.05) is 18.1 Å². The van der Waals surface area contributed by atoms with Crippen LogP contribution in [0.25, 0.3) is 5.69 Å². The molecule has 1 atom stereocenters. The molecule has 1 aliphatic rings. The van der Waals surface area contributed by atoms with E-state index in [1.165, 1.54) is 0 Å². The summed E-state index contributed by atoms with van der Waals surface area (Å²) < 4.78 is 13.1. The van der Waals surface area contributed by atoms with Crippen molar-refractivity contribution in [3.8, 4) is 17.2 Å². The molecule has 1 aliphatic heterocycles. The van der Waals surface area contributed by atoms with Crippen LogP contribution in [0.15, 0.2) is 72.4 Å². The lowest BCUT2D eigenvalue weighted by Crippen LogP contribution is -2.42. The SMILES string of the molecule is O=C(NN=Cc1ccc(-n2ccnc2)cc1)C1COc2ccccc2O1. The van der Waals surface area contributed by atoms with Crippen LogP contribution in [0.5, 0.6) is 11.5 Å². The van der Waals surface area contributed by atoms with Crippen molar-refractivity contribution in [1.82, 2.24) is 15.0 Å². The molecular weight excluding hydrogens is 332 g/mol. The minimum atomic E-state index is -0.731. The fourth-order valence-electron chi connectivity index (χ4n) is 2.54. The zero-order chi connectivity index (χ0) is 17.8.